The maximum Gasteiger partial charge on any atom is 0.239 e. The zero-order valence-electron chi connectivity index (χ0n) is 10.4. The lowest BCUT2D eigenvalue weighted by Gasteiger charge is -2.49. The van der Waals surface area contributed by atoms with Gasteiger partial charge in [-0.25, -0.2) is 0 Å². The van der Waals surface area contributed by atoms with E-state index in [1.165, 1.54) is 0 Å². The Hall–Kier alpha value is -1.10. The summed E-state index contributed by atoms with van der Waals surface area (Å²) in [6.07, 6.45) is 1.66. The second kappa shape index (κ2) is 4.29. The molecular formula is C12H20N2O3. The molecule has 0 radical (unpaired) electrons. The summed E-state index contributed by atoms with van der Waals surface area (Å²) in [4.78, 5) is 24.7. The standard InChI is InChI=1S/C12H20N2O3/c1-12(2)8(6-9(12)15)13-10(16)7-14-5-3-4-11(14)17/h8-9,15H,3-7H2,1-2H3,(H,13,16). The monoisotopic (exact) mass is 240 g/mol. The van der Waals surface area contributed by atoms with Crippen LogP contribution in [0.5, 0.6) is 0 Å². The number of nitrogens with one attached hydrogen (secondary N) is 1. The molecule has 5 heteroatoms. The Morgan fingerprint density at radius 1 is 1.59 bits per heavy atom. The van der Waals surface area contributed by atoms with Crippen LogP contribution >= 0.6 is 0 Å². The van der Waals surface area contributed by atoms with Gasteiger partial charge in [0.05, 0.1) is 12.6 Å². The highest BCUT2D eigenvalue weighted by Gasteiger charge is 2.48. The molecule has 2 atom stereocenters. The SMILES string of the molecule is CC1(C)C(O)CC1NC(=O)CN1CCCC1=O. The largest absolute Gasteiger partial charge is 0.392 e. The van der Waals surface area contributed by atoms with Gasteiger partial charge in [0, 0.05) is 24.4 Å². The van der Waals surface area contributed by atoms with E-state index in [1.54, 1.807) is 4.90 Å². The Labute approximate surface area is 101 Å². The van der Waals surface area contributed by atoms with Gasteiger partial charge in [-0.1, -0.05) is 13.8 Å². The molecule has 0 spiro atoms. The zero-order chi connectivity index (χ0) is 12.6. The van der Waals surface area contributed by atoms with Crippen molar-refractivity contribution in [2.75, 3.05) is 13.1 Å². The molecule has 2 aliphatic rings. The molecule has 2 fully saturated rings. The van der Waals surface area contributed by atoms with Crippen LogP contribution in [0, 0.1) is 5.41 Å². The van der Waals surface area contributed by atoms with E-state index in [4.69, 9.17) is 0 Å². The van der Waals surface area contributed by atoms with Crippen LogP contribution in [0.1, 0.15) is 33.1 Å². The molecular weight excluding hydrogens is 220 g/mol. The molecule has 1 aliphatic carbocycles. The number of carbonyl (C=O) groups excluding carboxylic acids is 2. The first-order valence-corrected chi connectivity index (χ1v) is 6.16. The fourth-order valence-corrected chi connectivity index (χ4v) is 2.43. The van der Waals surface area contributed by atoms with Crippen molar-refractivity contribution in [1.29, 1.82) is 0 Å². The van der Waals surface area contributed by atoms with Crippen molar-refractivity contribution in [2.45, 2.75) is 45.3 Å². The van der Waals surface area contributed by atoms with Crippen LogP contribution in [0.25, 0.3) is 0 Å². The summed E-state index contributed by atoms with van der Waals surface area (Å²) < 4.78 is 0. The van der Waals surface area contributed by atoms with Gasteiger partial charge in [0.25, 0.3) is 0 Å². The molecule has 2 amide bonds. The molecule has 1 saturated heterocycles. The summed E-state index contributed by atoms with van der Waals surface area (Å²) in [7, 11) is 0. The normalized spacial score (nSPS) is 31.2. The first-order valence-electron chi connectivity index (χ1n) is 6.16. The minimum atomic E-state index is -0.346. The minimum Gasteiger partial charge on any atom is -0.392 e. The molecule has 96 valence electrons. The van der Waals surface area contributed by atoms with Gasteiger partial charge in [0.1, 0.15) is 0 Å². The van der Waals surface area contributed by atoms with Crippen molar-refractivity contribution in [3.05, 3.63) is 0 Å². The lowest BCUT2D eigenvalue weighted by Crippen LogP contribution is -2.62. The lowest BCUT2D eigenvalue weighted by molar-refractivity contribution is -0.136. The number of rotatable bonds is 3. The Morgan fingerprint density at radius 3 is 2.76 bits per heavy atom. The molecule has 1 saturated carbocycles. The van der Waals surface area contributed by atoms with Crippen LogP contribution < -0.4 is 5.32 Å². The smallest absolute Gasteiger partial charge is 0.239 e. The van der Waals surface area contributed by atoms with Gasteiger partial charge in [0.2, 0.25) is 11.8 Å². The maximum absolute atomic E-state index is 11.8. The lowest BCUT2D eigenvalue weighted by atomic mass is 9.64. The molecule has 0 aromatic carbocycles. The highest BCUT2D eigenvalue weighted by Crippen LogP contribution is 2.40. The van der Waals surface area contributed by atoms with Crippen molar-refractivity contribution >= 4 is 11.8 Å². The average Bonchev–Trinajstić information content (AvgIpc) is 2.64. The van der Waals surface area contributed by atoms with Gasteiger partial charge in [0.15, 0.2) is 0 Å². The third-order valence-corrected chi connectivity index (χ3v) is 4.06. The van der Waals surface area contributed by atoms with Crippen molar-refractivity contribution in [2.24, 2.45) is 5.41 Å². The van der Waals surface area contributed by atoms with E-state index in [9.17, 15) is 14.7 Å². The topological polar surface area (TPSA) is 69.6 Å². The van der Waals surface area contributed by atoms with Gasteiger partial charge < -0.3 is 15.3 Å². The Morgan fingerprint density at radius 2 is 2.29 bits per heavy atom. The molecule has 1 heterocycles. The summed E-state index contributed by atoms with van der Waals surface area (Å²) in [6.45, 7) is 4.71. The number of hydrogen-bond acceptors (Lipinski definition) is 3. The number of aliphatic hydroxyl groups excluding tert-OH is 1. The molecule has 2 N–H and O–H groups in total. The summed E-state index contributed by atoms with van der Waals surface area (Å²) in [5, 5.41) is 12.5. The molecule has 5 nitrogen and oxygen atoms in total. The molecule has 2 unspecified atom stereocenters. The number of carbonyl (C=O) groups is 2. The van der Waals surface area contributed by atoms with Crippen LogP contribution in [0.2, 0.25) is 0 Å². The van der Waals surface area contributed by atoms with E-state index in [0.717, 1.165) is 6.42 Å². The number of aliphatic hydroxyl groups is 1. The Balaban J connectivity index is 1.80. The summed E-state index contributed by atoms with van der Waals surface area (Å²) in [5.41, 5.74) is -0.259. The van der Waals surface area contributed by atoms with Crippen LogP contribution in [0.15, 0.2) is 0 Å². The summed E-state index contributed by atoms with van der Waals surface area (Å²) in [5.74, 6) is -0.0571. The second-order valence-electron chi connectivity index (χ2n) is 5.61. The highest BCUT2D eigenvalue weighted by atomic mass is 16.3. The maximum atomic E-state index is 11.8. The first kappa shape index (κ1) is 12.4. The molecule has 17 heavy (non-hydrogen) atoms. The number of amides is 2. The van der Waals surface area contributed by atoms with Crippen molar-refractivity contribution < 1.29 is 14.7 Å². The van der Waals surface area contributed by atoms with E-state index in [0.29, 0.717) is 19.4 Å². The number of hydrogen-bond donors (Lipinski definition) is 2. The van der Waals surface area contributed by atoms with E-state index < -0.39 is 0 Å². The van der Waals surface area contributed by atoms with Gasteiger partial charge >= 0.3 is 0 Å². The van der Waals surface area contributed by atoms with Gasteiger partial charge in [-0.2, -0.15) is 0 Å². The zero-order valence-corrected chi connectivity index (χ0v) is 10.4. The van der Waals surface area contributed by atoms with Crippen LogP contribution in [-0.2, 0) is 9.59 Å². The number of nitrogens with zero attached hydrogens (tertiary/aromatic N) is 1. The van der Waals surface area contributed by atoms with E-state index in [2.05, 4.69) is 5.32 Å². The predicted molar refractivity (Wildman–Crippen MR) is 62.1 cm³/mol. The van der Waals surface area contributed by atoms with E-state index in [1.807, 2.05) is 13.8 Å². The molecule has 0 aromatic heterocycles. The molecule has 0 aromatic rings. The third-order valence-electron chi connectivity index (χ3n) is 4.06. The number of likely N-dealkylation sites (tertiary alicyclic amines) is 1. The predicted octanol–water partition coefficient (Wildman–Crippen LogP) is -0.116. The highest BCUT2D eigenvalue weighted by molar-refractivity contribution is 5.86. The molecule has 0 bridgehead atoms. The average molecular weight is 240 g/mol. The molecule has 2 rings (SSSR count). The van der Waals surface area contributed by atoms with Gasteiger partial charge in [-0.15, -0.1) is 0 Å². The van der Waals surface area contributed by atoms with Crippen molar-refractivity contribution in [3.63, 3.8) is 0 Å². The van der Waals surface area contributed by atoms with Crippen molar-refractivity contribution in [1.82, 2.24) is 10.2 Å². The fraction of sp³-hybridized carbons (Fsp3) is 0.833. The minimum absolute atomic E-state index is 0.0164. The third kappa shape index (κ3) is 2.29. The Bertz CT molecular complexity index is 341. The van der Waals surface area contributed by atoms with E-state index in [-0.39, 0.29) is 35.9 Å². The van der Waals surface area contributed by atoms with E-state index >= 15 is 0 Å². The second-order valence-corrected chi connectivity index (χ2v) is 5.61. The van der Waals surface area contributed by atoms with Crippen molar-refractivity contribution in [3.8, 4) is 0 Å². The molecule has 1 aliphatic heterocycles. The van der Waals surface area contributed by atoms with Crippen LogP contribution in [0.3, 0.4) is 0 Å². The first-order chi connectivity index (χ1) is 7.91. The quantitative estimate of drug-likeness (QED) is 0.723. The van der Waals surface area contributed by atoms with Crippen LogP contribution in [0.4, 0.5) is 0 Å². The Kier molecular flexibility index (Phi) is 3.12. The van der Waals surface area contributed by atoms with Crippen LogP contribution in [-0.4, -0.2) is 47.1 Å². The summed E-state index contributed by atoms with van der Waals surface area (Å²) in [6, 6.07) is 0.0164. The fourth-order valence-electron chi connectivity index (χ4n) is 2.43. The van der Waals surface area contributed by atoms with Gasteiger partial charge in [-0.3, -0.25) is 9.59 Å². The summed E-state index contributed by atoms with van der Waals surface area (Å²) >= 11 is 0. The van der Waals surface area contributed by atoms with Gasteiger partial charge in [-0.05, 0) is 12.8 Å².